The van der Waals surface area contributed by atoms with Crippen LogP contribution in [0, 0.1) is 0 Å². The Kier molecular flexibility index (Phi) is 6.06. The molecule has 0 fully saturated rings. The number of amides is 1. The smallest absolute Gasteiger partial charge is 0.230 e. The third-order valence-corrected chi connectivity index (χ3v) is 6.02. The molecule has 1 amide bonds. The van der Waals surface area contributed by atoms with Gasteiger partial charge >= 0.3 is 0 Å². The van der Waals surface area contributed by atoms with Gasteiger partial charge in [-0.25, -0.2) is 4.98 Å². The monoisotopic (exact) mass is 426 g/mol. The van der Waals surface area contributed by atoms with Crippen molar-refractivity contribution in [2.75, 3.05) is 18.5 Å². The summed E-state index contributed by atoms with van der Waals surface area (Å²) >= 11 is 3.22. The average Bonchev–Trinajstić information content (AvgIpc) is 3.17. The first-order chi connectivity index (χ1) is 14.1. The Hall–Kier alpha value is -2.51. The highest BCUT2D eigenvalue weighted by Gasteiger charge is 2.14. The summed E-state index contributed by atoms with van der Waals surface area (Å²) in [4.78, 5) is 18.2. The number of benzene rings is 2. The van der Waals surface area contributed by atoms with Crippen molar-refractivity contribution in [2.24, 2.45) is 0 Å². The molecule has 4 rings (SSSR count). The molecule has 0 saturated heterocycles. The molecule has 2 aromatic carbocycles. The Labute approximate surface area is 178 Å². The maximum atomic E-state index is 12.4. The highest BCUT2D eigenvalue weighted by atomic mass is 32.2. The van der Waals surface area contributed by atoms with Gasteiger partial charge in [0.25, 0.3) is 0 Å². The lowest BCUT2D eigenvalue weighted by molar-refractivity contribution is -0.115. The standard InChI is InChI=1S/C22H22N2O3S2/c1-14(2)29-17-6-3-15(4-7-17)11-21(25)24-22-23-18(13-28-22)16-5-8-19-20(12-16)27-10-9-26-19/h3-8,12-14H,9-11H2,1-2H3,(H,23,24,25). The quantitative estimate of drug-likeness (QED) is 0.545. The van der Waals surface area contributed by atoms with Gasteiger partial charge in [0.05, 0.1) is 12.1 Å². The number of hydrogen-bond acceptors (Lipinski definition) is 6. The predicted octanol–water partition coefficient (Wildman–Crippen LogP) is 5.26. The fourth-order valence-corrected chi connectivity index (χ4v) is 4.55. The summed E-state index contributed by atoms with van der Waals surface area (Å²) < 4.78 is 11.2. The number of carbonyl (C=O) groups is 1. The number of thiazole rings is 1. The number of rotatable bonds is 6. The molecule has 1 aliphatic heterocycles. The van der Waals surface area contributed by atoms with Gasteiger partial charge in [0.2, 0.25) is 5.91 Å². The first kappa shape index (κ1) is 19.8. The van der Waals surface area contributed by atoms with Crippen LogP contribution >= 0.6 is 23.1 Å². The molecular weight excluding hydrogens is 404 g/mol. The molecule has 1 N–H and O–H groups in total. The van der Waals surface area contributed by atoms with Gasteiger partial charge in [0.15, 0.2) is 16.6 Å². The largest absolute Gasteiger partial charge is 0.486 e. The van der Waals surface area contributed by atoms with Crippen molar-refractivity contribution in [3.05, 3.63) is 53.4 Å². The van der Waals surface area contributed by atoms with E-state index in [9.17, 15) is 4.79 Å². The Morgan fingerprint density at radius 1 is 1.14 bits per heavy atom. The number of ether oxygens (including phenoxy) is 2. The molecule has 5 nitrogen and oxygen atoms in total. The van der Waals surface area contributed by atoms with Crippen LogP contribution in [0.15, 0.2) is 52.7 Å². The zero-order valence-corrected chi connectivity index (χ0v) is 17.9. The number of thioether (sulfide) groups is 1. The van der Waals surface area contributed by atoms with Crippen LogP contribution < -0.4 is 14.8 Å². The van der Waals surface area contributed by atoms with Crippen LogP contribution in [0.5, 0.6) is 11.5 Å². The average molecular weight is 427 g/mol. The summed E-state index contributed by atoms with van der Waals surface area (Å²) in [5.74, 6) is 1.41. The lowest BCUT2D eigenvalue weighted by Crippen LogP contribution is -2.15. The zero-order chi connectivity index (χ0) is 20.2. The molecule has 0 bridgehead atoms. The molecular formula is C22H22N2O3S2. The van der Waals surface area contributed by atoms with E-state index in [0.29, 0.717) is 30.0 Å². The van der Waals surface area contributed by atoms with Gasteiger partial charge in [-0.15, -0.1) is 23.1 Å². The molecule has 7 heteroatoms. The molecule has 1 aromatic heterocycles. The molecule has 150 valence electrons. The first-order valence-corrected chi connectivity index (χ1v) is 11.2. The molecule has 0 aliphatic carbocycles. The maximum absolute atomic E-state index is 12.4. The van der Waals surface area contributed by atoms with E-state index in [0.717, 1.165) is 28.3 Å². The van der Waals surface area contributed by atoms with E-state index in [1.165, 1.54) is 16.2 Å². The summed E-state index contributed by atoms with van der Waals surface area (Å²) in [5.41, 5.74) is 2.72. The Morgan fingerprint density at radius 3 is 2.66 bits per heavy atom. The fourth-order valence-electron chi connectivity index (χ4n) is 2.97. The number of nitrogens with one attached hydrogen (secondary N) is 1. The van der Waals surface area contributed by atoms with E-state index < -0.39 is 0 Å². The third kappa shape index (κ3) is 5.10. The molecule has 0 saturated carbocycles. The lowest BCUT2D eigenvalue weighted by atomic mass is 10.1. The SMILES string of the molecule is CC(C)Sc1ccc(CC(=O)Nc2nc(-c3ccc4c(c3)OCCO4)cs2)cc1. The van der Waals surface area contributed by atoms with Crippen molar-refractivity contribution in [2.45, 2.75) is 30.4 Å². The molecule has 1 aliphatic rings. The Balaban J connectivity index is 1.38. The normalized spacial score (nSPS) is 12.8. The van der Waals surface area contributed by atoms with Crippen LogP contribution in [0.4, 0.5) is 5.13 Å². The molecule has 3 aromatic rings. The van der Waals surface area contributed by atoms with Crippen molar-refractivity contribution in [1.29, 1.82) is 0 Å². The minimum absolute atomic E-state index is 0.0719. The molecule has 0 atom stereocenters. The molecule has 2 heterocycles. The predicted molar refractivity (Wildman–Crippen MR) is 118 cm³/mol. The second-order valence-corrected chi connectivity index (χ2v) is 9.44. The highest BCUT2D eigenvalue weighted by molar-refractivity contribution is 7.99. The summed E-state index contributed by atoms with van der Waals surface area (Å²) in [7, 11) is 0. The second-order valence-electron chi connectivity index (χ2n) is 6.93. The second kappa shape index (κ2) is 8.88. The van der Waals surface area contributed by atoms with Crippen molar-refractivity contribution in [1.82, 2.24) is 4.98 Å². The number of nitrogens with zero attached hydrogens (tertiary/aromatic N) is 1. The number of fused-ring (bicyclic) bond motifs is 1. The number of hydrogen-bond donors (Lipinski definition) is 1. The minimum atomic E-state index is -0.0719. The van der Waals surface area contributed by atoms with Crippen LogP contribution in [0.3, 0.4) is 0 Å². The van der Waals surface area contributed by atoms with Gasteiger partial charge in [0.1, 0.15) is 13.2 Å². The van der Waals surface area contributed by atoms with Gasteiger partial charge in [-0.2, -0.15) is 0 Å². The van der Waals surface area contributed by atoms with Crippen LogP contribution in [-0.2, 0) is 11.2 Å². The van der Waals surface area contributed by atoms with E-state index >= 15 is 0 Å². The molecule has 0 spiro atoms. The first-order valence-electron chi connectivity index (χ1n) is 9.48. The van der Waals surface area contributed by atoms with E-state index in [1.54, 1.807) is 0 Å². The van der Waals surface area contributed by atoms with Crippen molar-refractivity contribution >= 4 is 34.1 Å². The summed E-state index contributed by atoms with van der Waals surface area (Å²) in [6, 6.07) is 13.9. The van der Waals surface area contributed by atoms with Gasteiger partial charge in [-0.3, -0.25) is 4.79 Å². The van der Waals surface area contributed by atoms with Crippen LogP contribution in [0.2, 0.25) is 0 Å². The van der Waals surface area contributed by atoms with Gasteiger partial charge < -0.3 is 14.8 Å². The fraction of sp³-hybridized carbons (Fsp3) is 0.273. The van der Waals surface area contributed by atoms with Gasteiger partial charge in [-0.05, 0) is 35.9 Å². The Morgan fingerprint density at radius 2 is 1.90 bits per heavy atom. The third-order valence-electron chi connectivity index (χ3n) is 4.25. The maximum Gasteiger partial charge on any atom is 0.230 e. The molecule has 29 heavy (non-hydrogen) atoms. The lowest BCUT2D eigenvalue weighted by Gasteiger charge is -2.18. The van der Waals surface area contributed by atoms with Crippen molar-refractivity contribution in [3.63, 3.8) is 0 Å². The summed E-state index contributed by atoms with van der Waals surface area (Å²) in [6.45, 7) is 5.45. The zero-order valence-electron chi connectivity index (χ0n) is 16.3. The minimum Gasteiger partial charge on any atom is -0.486 e. The van der Waals surface area contributed by atoms with Crippen LogP contribution in [0.25, 0.3) is 11.3 Å². The highest BCUT2D eigenvalue weighted by Crippen LogP contribution is 2.35. The van der Waals surface area contributed by atoms with E-state index in [2.05, 4.69) is 36.3 Å². The van der Waals surface area contributed by atoms with E-state index in [4.69, 9.17) is 9.47 Å². The summed E-state index contributed by atoms with van der Waals surface area (Å²) in [5, 5.41) is 5.96. The number of carbonyl (C=O) groups excluding carboxylic acids is 1. The van der Waals surface area contributed by atoms with Crippen molar-refractivity contribution < 1.29 is 14.3 Å². The van der Waals surface area contributed by atoms with Gasteiger partial charge in [-0.1, -0.05) is 26.0 Å². The molecule has 0 radical (unpaired) electrons. The number of aromatic nitrogens is 1. The topological polar surface area (TPSA) is 60.5 Å². The molecule has 0 unspecified atom stereocenters. The van der Waals surface area contributed by atoms with Crippen LogP contribution in [0.1, 0.15) is 19.4 Å². The van der Waals surface area contributed by atoms with E-state index in [1.807, 2.05) is 47.5 Å². The number of anilines is 1. The summed E-state index contributed by atoms with van der Waals surface area (Å²) in [6.07, 6.45) is 0.325. The Bertz CT molecular complexity index is 1000. The van der Waals surface area contributed by atoms with Crippen LogP contribution in [-0.4, -0.2) is 29.4 Å². The van der Waals surface area contributed by atoms with Crippen molar-refractivity contribution in [3.8, 4) is 22.8 Å². The van der Waals surface area contributed by atoms with E-state index in [-0.39, 0.29) is 5.91 Å². The van der Waals surface area contributed by atoms with Gasteiger partial charge in [0, 0.05) is 21.1 Å².